The molecule has 40 heavy (non-hydrogen) atoms. The first kappa shape index (κ1) is 30.0. The van der Waals surface area contributed by atoms with E-state index in [1.165, 1.54) is 64.2 Å². The SMILES string of the molecule is CCCC1C2CCC(C)(C1CCC1C3CCC(C)(C1CCC1C4CCC(C)(C1CCC)C4(C)C)C3(C)C)C2(C)C. The lowest BCUT2D eigenvalue weighted by Crippen LogP contribution is -2.36. The smallest absolute Gasteiger partial charge is 0.0241 e. The Labute approximate surface area is 251 Å². The van der Waals surface area contributed by atoms with Crippen LogP contribution in [0.25, 0.3) is 0 Å². The number of rotatable bonds is 10. The molecule has 0 aromatic rings. The molecule has 6 fully saturated rings. The van der Waals surface area contributed by atoms with E-state index in [1.807, 2.05) is 0 Å². The Hall–Kier alpha value is 0. The summed E-state index contributed by atoms with van der Waals surface area (Å²) < 4.78 is 0. The second-order valence-corrected chi connectivity index (χ2v) is 19.4. The van der Waals surface area contributed by atoms with Gasteiger partial charge in [-0.25, -0.2) is 0 Å². The second-order valence-electron chi connectivity index (χ2n) is 19.4. The van der Waals surface area contributed by atoms with Crippen molar-refractivity contribution in [1.29, 1.82) is 0 Å². The zero-order valence-corrected chi connectivity index (χ0v) is 29.1. The van der Waals surface area contributed by atoms with Gasteiger partial charge in [-0.1, -0.05) is 95.4 Å². The van der Waals surface area contributed by atoms with E-state index in [0.717, 1.165) is 53.3 Å². The van der Waals surface area contributed by atoms with Crippen molar-refractivity contribution < 1.29 is 0 Å². The van der Waals surface area contributed by atoms with Gasteiger partial charge in [-0.15, -0.1) is 0 Å². The molecule has 0 nitrogen and oxygen atoms in total. The molecule has 0 spiro atoms. The lowest BCUT2D eigenvalue weighted by Gasteiger charge is -2.44. The fourth-order valence-electron chi connectivity index (χ4n) is 15.4. The van der Waals surface area contributed by atoms with Crippen LogP contribution in [0.15, 0.2) is 0 Å². The summed E-state index contributed by atoms with van der Waals surface area (Å²) >= 11 is 0. The quantitative estimate of drug-likeness (QED) is 0.254. The highest BCUT2D eigenvalue weighted by molar-refractivity contribution is 5.17. The van der Waals surface area contributed by atoms with E-state index in [4.69, 9.17) is 0 Å². The molecule has 6 saturated carbocycles. The Bertz CT molecular complexity index is 953. The lowest BCUT2D eigenvalue weighted by atomic mass is 9.61. The zero-order chi connectivity index (χ0) is 29.1. The van der Waals surface area contributed by atoms with Gasteiger partial charge in [0.1, 0.15) is 0 Å². The van der Waals surface area contributed by atoms with Crippen LogP contribution in [0, 0.1) is 85.8 Å². The average Bonchev–Trinajstić information content (AvgIpc) is 3.50. The molecule has 0 amide bonds. The van der Waals surface area contributed by atoms with E-state index in [-0.39, 0.29) is 0 Å². The van der Waals surface area contributed by atoms with Crippen LogP contribution in [0.4, 0.5) is 0 Å². The number of fused-ring (bicyclic) bond motifs is 6. The van der Waals surface area contributed by atoms with Crippen molar-refractivity contribution in [3.8, 4) is 0 Å². The van der Waals surface area contributed by atoms with Crippen LogP contribution in [0.5, 0.6) is 0 Å². The normalized spacial score (nSPS) is 52.7. The second kappa shape index (κ2) is 9.50. The maximum Gasteiger partial charge on any atom is -0.0241 e. The van der Waals surface area contributed by atoms with Crippen molar-refractivity contribution in [3.05, 3.63) is 0 Å². The van der Waals surface area contributed by atoms with Crippen LogP contribution in [0.2, 0.25) is 0 Å². The predicted molar refractivity (Wildman–Crippen MR) is 173 cm³/mol. The minimum absolute atomic E-state index is 0.533. The summed E-state index contributed by atoms with van der Waals surface area (Å²) in [5.74, 6) is 8.89. The summed E-state index contributed by atoms with van der Waals surface area (Å²) in [5, 5.41) is 0. The maximum absolute atomic E-state index is 2.77. The van der Waals surface area contributed by atoms with Gasteiger partial charge in [-0.05, 0) is 156 Å². The van der Waals surface area contributed by atoms with Crippen LogP contribution in [0.3, 0.4) is 0 Å². The molecule has 230 valence electrons. The van der Waals surface area contributed by atoms with Crippen molar-refractivity contribution in [1.82, 2.24) is 0 Å². The highest BCUT2D eigenvalue weighted by Gasteiger charge is 2.69. The predicted octanol–water partition coefficient (Wildman–Crippen LogP) is 12.2. The molecule has 12 unspecified atom stereocenters. The molecule has 6 aliphatic rings. The zero-order valence-electron chi connectivity index (χ0n) is 29.1. The van der Waals surface area contributed by atoms with E-state index < -0.39 is 0 Å². The minimum Gasteiger partial charge on any atom is -0.0654 e. The van der Waals surface area contributed by atoms with Crippen molar-refractivity contribution in [2.24, 2.45) is 85.8 Å². The average molecular weight is 551 g/mol. The first-order chi connectivity index (χ1) is 18.6. The molecule has 0 heterocycles. The van der Waals surface area contributed by atoms with Gasteiger partial charge >= 0.3 is 0 Å². The van der Waals surface area contributed by atoms with E-state index in [2.05, 4.69) is 76.2 Å². The standard InChI is InChI=1S/C40H70/c1-12-14-26-29-20-24-39(10,35(29,3)4)33(26)18-17-28-31-22-25-40(11,37(31,7)8)34(28)19-16-27-30-21-23-38(9,36(30,5)6)32(27)15-13-2/h26-34H,12-25H2,1-11H3. The molecule has 6 rings (SSSR count). The molecule has 12 atom stereocenters. The summed E-state index contributed by atoms with van der Waals surface area (Å²) in [7, 11) is 0. The highest BCUT2D eigenvalue weighted by atomic mass is 14.7. The molecule has 0 aromatic heterocycles. The molecule has 0 aromatic carbocycles. The van der Waals surface area contributed by atoms with Gasteiger partial charge in [-0.2, -0.15) is 0 Å². The van der Waals surface area contributed by atoms with Gasteiger partial charge in [0, 0.05) is 0 Å². The number of hydrogen-bond acceptors (Lipinski definition) is 0. The minimum atomic E-state index is 0.533. The molecule has 6 aliphatic carbocycles. The van der Waals surface area contributed by atoms with Crippen LogP contribution >= 0.6 is 0 Å². The monoisotopic (exact) mass is 551 g/mol. The van der Waals surface area contributed by atoms with E-state index in [9.17, 15) is 0 Å². The van der Waals surface area contributed by atoms with Gasteiger partial charge in [0.05, 0.1) is 0 Å². The van der Waals surface area contributed by atoms with E-state index >= 15 is 0 Å². The first-order valence-electron chi connectivity index (χ1n) is 18.6. The highest BCUT2D eigenvalue weighted by Crippen LogP contribution is 2.76. The number of hydrogen-bond donors (Lipinski definition) is 0. The van der Waals surface area contributed by atoms with Crippen molar-refractivity contribution in [2.45, 2.75) is 166 Å². The van der Waals surface area contributed by atoms with Gasteiger partial charge in [0.15, 0.2) is 0 Å². The Kier molecular flexibility index (Phi) is 7.13. The molecule has 0 saturated heterocycles. The van der Waals surface area contributed by atoms with Crippen LogP contribution < -0.4 is 0 Å². The molecular weight excluding hydrogens is 480 g/mol. The van der Waals surface area contributed by atoms with Crippen LogP contribution in [-0.4, -0.2) is 0 Å². The van der Waals surface area contributed by atoms with Crippen molar-refractivity contribution >= 4 is 0 Å². The Morgan fingerprint density at radius 1 is 0.400 bits per heavy atom. The lowest BCUT2D eigenvalue weighted by molar-refractivity contribution is 0.0504. The summed E-state index contributed by atoms with van der Waals surface area (Å²) in [4.78, 5) is 0. The largest absolute Gasteiger partial charge is 0.0654 e. The molecule has 0 radical (unpaired) electrons. The van der Waals surface area contributed by atoms with Crippen LogP contribution in [0.1, 0.15) is 166 Å². The first-order valence-corrected chi connectivity index (χ1v) is 18.6. The van der Waals surface area contributed by atoms with Gasteiger partial charge in [0.2, 0.25) is 0 Å². The third kappa shape index (κ3) is 3.55. The van der Waals surface area contributed by atoms with Crippen molar-refractivity contribution in [2.75, 3.05) is 0 Å². The maximum atomic E-state index is 2.77. The van der Waals surface area contributed by atoms with E-state index in [0.29, 0.717) is 32.5 Å². The van der Waals surface area contributed by atoms with E-state index in [1.54, 1.807) is 25.7 Å². The Balaban J connectivity index is 1.22. The molecule has 0 heteroatoms. The van der Waals surface area contributed by atoms with Gasteiger partial charge < -0.3 is 0 Å². The van der Waals surface area contributed by atoms with Gasteiger partial charge in [0.25, 0.3) is 0 Å². The Morgan fingerprint density at radius 2 is 0.700 bits per heavy atom. The van der Waals surface area contributed by atoms with Crippen LogP contribution in [-0.2, 0) is 0 Å². The Morgan fingerprint density at radius 3 is 1.02 bits per heavy atom. The summed E-state index contributed by atoms with van der Waals surface area (Å²) in [6, 6.07) is 0. The van der Waals surface area contributed by atoms with Crippen molar-refractivity contribution in [3.63, 3.8) is 0 Å². The summed E-state index contributed by atoms with van der Waals surface area (Å²) in [6.45, 7) is 29.2. The third-order valence-corrected chi connectivity index (χ3v) is 18.5. The third-order valence-electron chi connectivity index (χ3n) is 18.5. The molecule has 6 bridgehead atoms. The summed E-state index contributed by atoms with van der Waals surface area (Å²) in [5.41, 5.74) is 3.38. The molecule has 0 N–H and O–H groups in total. The molecular formula is C40H70. The summed E-state index contributed by atoms with van der Waals surface area (Å²) in [6.07, 6.45) is 21.0. The topological polar surface area (TPSA) is 0 Å². The fraction of sp³-hybridized carbons (Fsp3) is 1.00. The fourth-order valence-corrected chi connectivity index (χ4v) is 15.4. The van der Waals surface area contributed by atoms with Gasteiger partial charge in [-0.3, -0.25) is 0 Å². The molecule has 0 aliphatic heterocycles.